The lowest BCUT2D eigenvalue weighted by molar-refractivity contribution is -0.119. The molecule has 0 bridgehead atoms. The summed E-state index contributed by atoms with van der Waals surface area (Å²) in [5.41, 5.74) is 6.70. The van der Waals surface area contributed by atoms with Crippen LogP contribution in [0.25, 0.3) is 11.0 Å². The van der Waals surface area contributed by atoms with Crippen LogP contribution in [0.4, 0.5) is 10.6 Å². The summed E-state index contributed by atoms with van der Waals surface area (Å²) in [4.78, 5) is 34.1. The van der Waals surface area contributed by atoms with E-state index in [-0.39, 0.29) is 35.6 Å². The van der Waals surface area contributed by atoms with E-state index < -0.39 is 47.4 Å². The van der Waals surface area contributed by atoms with Gasteiger partial charge in [0, 0.05) is 23.6 Å². The van der Waals surface area contributed by atoms with Gasteiger partial charge in [-0.1, -0.05) is 27.2 Å². The van der Waals surface area contributed by atoms with Crippen molar-refractivity contribution in [3.05, 3.63) is 18.6 Å². The van der Waals surface area contributed by atoms with Crippen molar-refractivity contribution in [1.82, 2.24) is 34.8 Å². The van der Waals surface area contributed by atoms with Crippen LogP contribution in [0.3, 0.4) is 0 Å². The molecule has 0 spiro atoms. The molecular formula is C27H44N8O8S2. The molecule has 7 N–H and O–H groups in total. The van der Waals surface area contributed by atoms with Gasteiger partial charge in [-0.15, -0.1) is 0 Å². The van der Waals surface area contributed by atoms with Gasteiger partial charge in [0.15, 0.2) is 12.0 Å². The molecule has 3 aliphatic heterocycles. The maximum absolute atomic E-state index is 12.3. The fraction of sp³-hybridized carbons (Fsp3) is 0.704. The zero-order valence-electron chi connectivity index (χ0n) is 25.7. The van der Waals surface area contributed by atoms with Crippen LogP contribution < -0.4 is 21.1 Å². The number of nitrogens with one attached hydrogen (secondary N) is 3. The van der Waals surface area contributed by atoms with Crippen LogP contribution in [-0.4, -0.2) is 118 Å². The van der Waals surface area contributed by atoms with Gasteiger partial charge in [-0.2, -0.15) is 20.2 Å². The number of amides is 3. The highest BCUT2D eigenvalue weighted by atomic mass is 32.2. The van der Waals surface area contributed by atoms with Gasteiger partial charge >= 0.3 is 16.3 Å². The molecule has 0 aromatic carbocycles. The minimum Gasteiger partial charge on any atom is -0.387 e. The van der Waals surface area contributed by atoms with E-state index in [1.165, 1.54) is 36.7 Å². The number of aromatic nitrogens is 3. The minimum atomic E-state index is -4.47. The molecule has 3 fully saturated rings. The highest BCUT2D eigenvalue weighted by Gasteiger charge is 2.45. The van der Waals surface area contributed by atoms with Crippen LogP contribution >= 0.6 is 11.8 Å². The van der Waals surface area contributed by atoms with Crippen molar-refractivity contribution in [1.29, 1.82) is 0 Å². The van der Waals surface area contributed by atoms with Gasteiger partial charge < -0.3 is 40.8 Å². The number of thioether (sulfide) groups is 1. The Bertz CT molecular complexity index is 1400. The molecule has 3 saturated heterocycles. The zero-order chi connectivity index (χ0) is 32.7. The van der Waals surface area contributed by atoms with Crippen molar-refractivity contribution < 1.29 is 37.1 Å². The molecule has 18 heteroatoms. The van der Waals surface area contributed by atoms with Crippen molar-refractivity contribution in [3.8, 4) is 0 Å². The second-order valence-electron chi connectivity index (χ2n) is 11.0. The van der Waals surface area contributed by atoms with Crippen molar-refractivity contribution >= 4 is 50.9 Å². The Morgan fingerprint density at radius 3 is 2.62 bits per heavy atom. The first kappa shape index (κ1) is 35.1. The molecule has 2 aromatic rings. The van der Waals surface area contributed by atoms with E-state index in [0.717, 1.165) is 12.2 Å². The molecule has 5 heterocycles. The van der Waals surface area contributed by atoms with E-state index >= 15 is 0 Å². The summed E-state index contributed by atoms with van der Waals surface area (Å²) in [6.07, 6.45) is -0.391. The van der Waals surface area contributed by atoms with Gasteiger partial charge in [-0.25, -0.2) is 19.5 Å². The van der Waals surface area contributed by atoms with Crippen LogP contribution in [0.2, 0.25) is 0 Å². The number of ether oxygens (including phenoxy) is 1. The largest absolute Gasteiger partial charge is 0.387 e. The Kier molecular flexibility index (Phi) is 12.3. The van der Waals surface area contributed by atoms with Crippen molar-refractivity contribution in [3.63, 3.8) is 0 Å². The third-order valence-electron chi connectivity index (χ3n) is 8.18. The number of nitrogens with two attached hydrogens (primary N) is 1. The number of hydrogen-bond acceptors (Lipinski definition) is 13. The topological polar surface area (TPSA) is 223 Å². The summed E-state index contributed by atoms with van der Waals surface area (Å²) in [5, 5.41) is 26.9. The van der Waals surface area contributed by atoms with E-state index in [2.05, 4.69) is 46.3 Å². The first-order valence-electron chi connectivity index (χ1n) is 15.2. The molecule has 0 aliphatic carbocycles. The van der Waals surface area contributed by atoms with E-state index in [0.29, 0.717) is 23.9 Å². The third-order valence-corrected chi connectivity index (χ3v) is 10.6. The number of carbonyl (C=O) groups excluding carboxylic acids is 2. The number of fused-ring (bicyclic) bond motifs is 2. The van der Waals surface area contributed by atoms with Crippen LogP contribution in [-0.2, 0) is 24.0 Å². The standard InChI is InChI=1S/C21H29N7O8S2.C6H15N/c22-19-16-11(5-6-23-19)28(9-24-16)20-18(31)17(30)12(36-20)7-35-38(33,34)27-14(29)4-2-1-3-13-15-10(8-37-13)25-21(32)26-15;1-4-7(5-2)6-3/h5-6,9-10,12-13,15,17-18,20,30-31H,1-4,7-8H2,(H2,22,23)(H,27,29)(H2,25,26,32);4-6H2,1-3H3/t10-,12+,13-,15-,17+,18+,20+;/m0./s1. The molecule has 0 unspecified atom stereocenters. The summed E-state index contributed by atoms with van der Waals surface area (Å²) >= 11 is 1.77. The fourth-order valence-corrected chi connectivity index (χ4v) is 7.90. The number of pyridine rings is 1. The quantitative estimate of drug-likeness (QED) is 0.123. The Balaban J connectivity index is 0.000000591. The summed E-state index contributed by atoms with van der Waals surface area (Å²) in [5.74, 6) is 0.299. The van der Waals surface area contributed by atoms with E-state index in [9.17, 15) is 28.2 Å². The Labute approximate surface area is 267 Å². The fourth-order valence-electron chi connectivity index (χ4n) is 5.60. The number of hydrogen-bond donors (Lipinski definition) is 6. The first-order chi connectivity index (χ1) is 21.5. The number of anilines is 1. The smallest absolute Gasteiger partial charge is 0.362 e. The molecule has 3 aliphatic rings. The molecule has 252 valence electrons. The van der Waals surface area contributed by atoms with Gasteiger partial charge in [0.05, 0.1) is 30.5 Å². The van der Waals surface area contributed by atoms with Gasteiger partial charge in [-0.3, -0.25) is 8.98 Å². The summed E-state index contributed by atoms with van der Waals surface area (Å²) in [6.45, 7) is 9.49. The molecule has 5 rings (SSSR count). The third kappa shape index (κ3) is 8.75. The van der Waals surface area contributed by atoms with E-state index in [4.69, 9.17) is 14.7 Å². The first-order valence-corrected chi connectivity index (χ1v) is 17.6. The predicted molar refractivity (Wildman–Crippen MR) is 168 cm³/mol. The SMILES string of the molecule is CCN(CC)CC.Nc1nccc2c1ncn2[C@@H]1O[C@H](COS(=O)(=O)NC(=O)CCCC[C@@H]2SC[C@@H]3NC(=O)N[C@@H]32)[C@@H](O)[C@H]1O. The van der Waals surface area contributed by atoms with E-state index in [1.807, 2.05) is 4.72 Å². The summed E-state index contributed by atoms with van der Waals surface area (Å²) in [6, 6.07) is 1.65. The van der Waals surface area contributed by atoms with Crippen molar-refractivity contribution in [2.45, 2.75) is 88.3 Å². The number of rotatable bonds is 13. The average molecular weight is 673 g/mol. The zero-order valence-corrected chi connectivity index (χ0v) is 27.3. The number of aliphatic hydroxyl groups excluding tert-OH is 2. The summed E-state index contributed by atoms with van der Waals surface area (Å²) in [7, 11) is -4.47. The molecule has 2 aromatic heterocycles. The van der Waals surface area contributed by atoms with Crippen LogP contribution in [0.1, 0.15) is 52.7 Å². The number of nitrogens with zero attached hydrogens (tertiary/aromatic N) is 4. The lowest BCUT2D eigenvalue weighted by Gasteiger charge is -2.17. The van der Waals surface area contributed by atoms with Gasteiger partial charge in [-0.05, 0) is 38.5 Å². The second kappa shape index (κ2) is 15.7. The number of carbonyl (C=O) groups is 2. The molecule has 3 amide bonds. The molecule has 7 atom stereocenters. The minimum absolute atomic E-state index is 0.0201. The van der Waals surface area contributed by atoms with Crippen LogP contribution in [0.15, 0.2) is 18.6 Å². The maximum Gasteiger partial charge on any atom is 0.362 e. The Morgan fingerprint density at radius 2 is 1.93 bits per heavy atom. The molecular weight excluding hydrogens is 628 g/mol. The summed E-state index contributed by atoms with van der Waals surface area (Å²) < 4.78 is 38.4. The molecule has 0 radical (unpaired) electrons. The molecule has 45 heavy (non-hydrogen) atoms. The van der Waals surface area contributed by atoms with Crippen LogP contribution in [0.5, 0.6) is 0 Å². The lowest BCUT2D eigenvalue weighted by atomic mass is 10.0. The van der Waals surface area contributed by atoms with Crippen LogP contribution in [0, 0.1) is 0 Å². The number of imidazole rings is 1. The van der Waals surface area contributed by atoms with Gasteiger partial charge in [0.2, 0.25) is 5.91 Å². The normalized spacial score (nSPS) is 27.6. The number of nitrogen functional groups attached to an aromatic ring is 1. The number of urea groups is 1. The van der Waals surface area contributed by atoms with Gasteiger partial charge in [0.25, 0.3) is 0 Å². The number of unbranched alkanes of at least 4 members (excludes halogenated alkanes) is 1. The maximum atomic E-state index is 12.3. The van der Waals surface area contributed by atoms with Crippen molar-refractivity contribution in [2.24, 2.45) is 0 Å². The monoisotopic (exact) mass is 672 g/mol. The van der Waals surface area contributed by atoms with Crippen molar-refractivity contribution in [2.75, 3.05) is 37.7 Å². The van der Waals surface area contributed by atoms with Gasteiger partial charge in [0.1, 0.15) is 23.8 Å². The lowest BCUT2D eigenvalue weighted by Crippen LogP contribution is -2.38. The Morgan fingerprint density at radius 1 is 1.20 bits per heavy atom. The molecule has 16 nitrogen and oxygen atoms in total. The second-order valence-corrected chi connectivity index (χ2v) is 13.6. The Hall–Kier alpha value is -2.74. The highest BCUT2D eigenvalue weighted by Crippen LogP contribution is 2.34. The molecule has 0 saturated carbocycles. The van der Waals surface area contributed by atoms with E-state index in [1.54, 1.807) is 17.8 Å². The predicted octanol–water partition coefficient (Wildman–Crippen LogP) is 0.0842. The highest BCUT2D eigenvalue weighted by molar-refractivity contribution is 8.00. The number of aliphatic hydroxyl groups is 2. The average Bonchev–Trinajstić information content (AvgIpc) is 3.76.